The van der Waals surface area contributed by atoms with Crippen molar-refractivity contribution in [1.29, 1.82) is 0 Å². The van der Waals surface area contributed by atoms with Crippen molar-refractivity contribution in [2.24, 2.45) is 0 Å². The number of amides is 1. The van der Waals surface area contributed by atoms with Gasteiger partial charge in [0.2, 0.25) is 5.89 Å². The van der Waals surface area contributed by atoms with Crippen LogP contribution in [0.1, 0.15) is 17.5 Å². The van der Waals surface area contributed by atoms with E-state index in [0.717, 1.165) is 11.1 Å². The van der Waals surface area contributed by atoms with Crippen LogP contribution in [-0.2, 0) is 0 Å². The molecule has 0 aliphatic carbocycles. The summed E-state index contributed by atoms with van der Waals surface area (Å²) in [4.78, 5) is 26.7. The van der Waals surface area contributed by atoms with E-state index in [2.05, 4.69) is 25.1 Å². The number of aryl methyl sites for hydroxylation is 1. The average molecular weight is 388 g/mol. The maximum atomic E-state index is 12.1. The van der Waals surface area contributed by atoms with Gasteiger partial charge >= 0.3 is 0 Å². The topological polar surface area (TPSA) is 97.9 Å². The monoisotopic (exact) mass is 388 g/mol. The van der Waals surface area contributed by atoms with E-state index < -0.39 is 0 Å². The number of rotatable bonds is 4. The lowest BCUT2D eigenvalue weighted by molar-refractivity contribution is 0.0827. The van der Waals surface area contributed by atoms with Crippen LogP contribution in [0, 0.1) is 6.92 Å². The molecule has 8 heteroatoms. The first kappa shape index (κ1) is 18.4. The number of carbonyl (C=O) groups excluding carboxylic acids is 1. The Labute approximate surface area is 168 Å². The Hall–Kier alpha value is -3.94. The van der Waals surface area contributed by atoms with Crippen LogP contribution < -0.4 is 0 Å². The van der Waals surface area contributed by atoms with Gasteiger partial charge in [0.1, 0.15) is 5.69 Å². The molecule has 0 fully saturated rings. The second-order valence-electron chi connectivity index (χ2n) is 6.61. The summed E-state index contributed by atoms with van der Waals surface area (Å²) < 4.78 is 5.80. The molecule has 29 heavy (non-hydrogen) atoms. The van der Waals surface area contributed by atoms with Crippen LogP contribution >= 0.6 is 0 Å². The first-order valence-corrected chi connectivity index (χ1v) is 8.93. The number of pyridine rings is 1. The highest BCUT2D eigenvalue weighted by Gasteiger charge is 2.16. The zero-order chi connectivity index (χ0) is 20.4. The van der Waals surface area contributed by atoms with Crippen molar-refractivity contribution < 1.29 is 10.6 Å². The SMILES string of the molecule is Cc1ncc(-c2ccc(C(=O)N(C)C)cc2)nc1-c1nnc(-c2ccncc2)o1.[HH]. The zero-order valence-corrected chi connectivity index (χ0v) is 16.2. The van der Waals surface area contributed by atoms with Crippen LogP contribution in [-0.4, -0.2) is 50.1 Å². The molecule has 0 unspecified atom stereocenters. The summed E-state index contributed by atoms with van der Waals surface area (Å²) in [5, 5.41) is 8.22. The van der Waals surface area contributed by atoms with Crippen LogP contribution in [0.25, 0.3) is 34.3 Å². The Morgan fingerprint density at radius 1 is 0.966 bits per heavy atom. The van der Waals surface area contributed by atoms with Crippen LogP contribution in [0.5, 0.6) is 0 Å². The number of hydrogen-bond donors (Lipinski definition) is 0. The first-order chi connectivity index (χ1) is 14.0. The van der Waals surface area contributed by atoms with E-state index in [1.54, 1.807) is 57.0 Å². The summed E-state index contributed by atoms with van der Waals surface area (Å²) in [6.07, 6.45) is 5.01. The predicted octanol–water partition coefficient (Wildman–Crippen LogP) is 3.51. The lowest BCUT2D eigenvalue weighted by Gasteiger charge is -2.10. The minimum atomic E-state index is -0.0540. The summed E-state index contributed by atoms with van der Waals surface area (Å²) in [6, 6.07) is 10.8. The summed E-state index contributed by atoms with van der Waals surface area (Å²) in [5.74, 6) is 0.630. The number of aromatic nitrogens is 5. The molecule has 0 spiro atoms. The quantitative estimate of drug-likeness (QED) is 0.527. The third kappa shape index (κ3) is 3.73. The maximum Gasteiger partial charge on any atom is 0.268 e. The average Bonchev–Trinajstić information content (AvgIpc) is 3.24. The highest BCUT2D eigenvalue weighted by atomic mass is 16.4. The van der Waals surface area contributed by atoms with Crippen molar-refractivity contribution in [2.75, 3.05) is 14.1 Å². The van der Waals surface area contributed by atoms with Gasteiger partial charge in [0, 0.05) is 44.6 Å². The number of benzene rings is 1. The van der Waals surface area contributed by atoms with Crippen molar-refractivity contribution in [1.82, 2.24) is 30.0 Å². The molecule has 1 amide bonds. The molecule has 4 aromatic rings. The molecule has 8 nitrogen and oxygen atoms in total. The molecule has 0 aliphatic heterocycles. The molecule has 0 aliphatic rings. The smallest absolute Gasteiger partial charge is 0.268 e. The van der Waals surface area contributed by atoms with E-state index in [0.29, 0.717) is 34.4 Å². The van der Waals surface area contributed by atoms with Gasteiger partial charge in [0.05, 0.1) is 17.6 Å². The first-order valence-electron chi connectivity index (χ1n) is 8.93. The van der Waals surface area contributed by atoms with E-state index in [-0.39, 0.29) is 7.33 Å². The van der Waals surface area contributed by atoms with Crippen molar-refractivity contribution in [3.8, 4) is 34.3 Å². The van der Waals surface area contributed by atoms with Crippen LogP contribution in [0.4, 0.5) is 0 Å². The molecule has 0 saturated heterocycles. The predicted molar refractivity (Wildman–Crippen MR) is 109 cm³/mol. The van der Waals surface area contributed by atoms with Crippen molar-refractivity contribution in [3.63, 3.8) is 0 Å². The van der Waals surface area contributed by atoms with Crippen LogP contribution in [0.15, 0.2) is 59.4 Å². The minimum absolute atomic E-state index is 0. The molecular formula is C21H20N6O2. The Morgan fingerprint density at radius 3 is 2.34 bits per heavy atom. The third-order valence-corrected chi connectivity index (χ3v) is 4.34. The normalized spacial score (nSPS) is 10.7. The van der Waals surface area contributed by atoms with Gasteiger partial charge in [0.15, 0.2) is 0 Å². The van der Waals surface area contributed by atoms with Gasteiger partial charge in [0.25, 0.3) is 11.8 Å². The third-order valence-electron chi connectivity index (χ3n) is 4.34. The molecular weight excluding hydrogens is 368 g/mol. The fraction of sp³-hybridized carbons (Fsp3) is 0.143. The minimum Gasteiger partial charge on any atom is -0.415 e. The summed E-state index contributed by atoms with van der Waals surface area (Å²) in [6.45, 7) is 1.83. The number of carbonyl (C=O) groups is 1. The molecule has 0 saturated carbocycles. The Morgan fingerprint density at radius 2 is 1.66 bits per heavy atom. The van der Waals surface area contributed by atoms with E-state index in [1.807, 2.05) is 19.1 Å². The van der Waals surface area contributed by atoms with Gasteiger partial charge in [-0.2, -0.15) is 0 Å². The fourth-order valence-corrected chi connectivity index (χ4v) is 2.76. The second-order valence-corrected chi connectivity index (χ2v) is 6.61. The van der Waals surface area contributed by atoms with E-state index >= 15 is 0 Å². The highest BCUT2D eigenvalue weighted by Crippen LogP contribution is 2.26. The number of nitrogens with zero attached hydrogens (tertiary/aromatic N) is 6. The maximum absolute atomic E-state index is 12.1. The Bertz CT molecular complexity index is 1160. The molecule has 3 heterocycles. The molecule has 0 bridgehead atoms. The van der Waals surface area contributed by atoms with E-state index in [9.17, 15) is 4.79 Å². The largest absolute Gasteiger partial charge is 0.415 e. The molecule has 0 N–H and O–H groups in total. The highest BCUT2D eigenvalue weighted by molar-refractivity contribution is 5.94. The Balaban J connectivity index is 0.00000256. The van der Waals surface area contributed by atoms with Gasteiger partial charge in [-0.25, -0.2) is 4.98 Å². The molecule has 0 radical (unpaired) electrons. The summed E-state index contributed by atoms with van der Waals surface area (Å²) in [5.41, 5.74) is 4.07. The molecule has 146 valence electrons. The Kier molecular flexibility index (Phi) is 4.82. The van der Waals surface area contributed by atoms with Gasteiger partial charge in [-0.1, -0.05) is 12.1 Å². The summed E-state index contributed by atoms with van der Waals surface area (Å²) in [7, 11) is 3.44. The van der Waals surface area contributed by atoms with Crippen molar-refractivity contribution >= 4 is 5.91 Å². The molecule has 1 aromatic carbocycles. The van der Waals surface area contributed by atoms with Crippen LogP contribution in [0.3, 0.4) is 0 Å². The van der Waals surface area contributed by atoms with Crippen molar-refractivity contribution in [3.05, 3.63) is 66.2 Å². The molecule has 0 atom stereocenters. The van der Waals surface area contributed by atoms with Gasteiger partial charge in [-0.05, 0) is 31.2 Å². The van der Waals surface area contributed by atoms with Gasteiger partial charge in [-0.3, -0.25) is 14.8 Å². The van der Waals surface area contributed by atoms with E-state index in [1.165, 1.54) is 4.90 Å². The molecule has 3 aromatic heterocycles. The van der Waals surface area contributed by atoms with Crippen molar-refractivity contribution in [2.45, 2.75) is 6.92 Å². The van der Waals surface area contributed by atoms with E-state index in [4.69, 9.17) is 4.42 Å². The van der Waals surface area contributed by atoms with Gasteiger partial charge in [-0.15, -0.1) is 10.2 Å². The molecule has 4 rings (SSSR count). The van der Waals surface area contributed by atoms with Gasteiger partial charge < -0.3 is 9.32 Å². The van der Waals surface area contributed by atoms with Crippen LogP contribution in [0.2, 0.25) is 0 Å². The fourth-order valence-electron chi connectivity index (χ4n) is 2.76. The lowest BCUT2D eigenvalue weighted by atomic mass is 10.1. The second kappa shape index (κ2) is 7.59. The lowest BCUT2D eigenvalue weighted by Crippen LogP contribution is -2.21. The zero-order valence-electron chi connectivity index (χ0n) is 16.2. The number of hydrogen-bond acceptors (Lipinski definition) is 7. The standard InChI is InChI=1S/C21H18N6O2.H2/c1-13-18(20-26-25-19(29-20)15-8-10-22-11-9-15)24-17(12-23-13)14-4-6-16(7-5-14)21(28)27(2)3;/h4-12H,1-3H3;1H. The summed E-state index contributed by atoms with van der Waals surface area (Å²) >= 11 is 0.